The number of aliphatic hydroxyl groups excluding tert-OH is 1. The van der Waals surface area contributed by atoms with Crippen LogP contribution in [0.15, 0.2) is 0 Å². The topological polar surface area (TPSA) is 40.5 Å². The van der Waals surface area contributed by atoms with Crippen molar-refractivity contribution in [3.8, 4) is 0 Å². The van der Waals surface area contributed by atoms with Crippen molar-refractivity contribution in [1.29, 1.82) is 0 Å². The molecule has 4 heteroatoms. The summed E-state index contributed by atoms with van der Waals surface area (Å²) in [6.07, 6.45) is 3.84. The molecular formula is C9H17NO2S. The summed E-state index contributed by atoms with van der Waals surface area (Å²) in [7, 11) is 0. The number of aliphatic hydroxyl groups is 1. The van der Waals surface area contributed by atoms with Gasteiger partial charge in [-0.05, 0) is 25.0 Å². The van der Waals surface area contributed by atoms with Gasteiger partial charge in [0.15, 0.2) is 0 Å². The van der Waals surface area contributed by atoms with Crippen molar-refractivity contribution in [2.45, 2.75) is 12.8 Å². The lowest BCUT2D eigenvalue weighted by Gasteiger charge is -2.15. The van der Waals surface area contributed by atoms with Gasteiger partial charge in [-0.2, -0.15) is 11.8 Å². The number of amides is 1. The molecule has 1 aliphatic heterocycles. The number of thioether (sulfide) groups is 1. The van der Waals surface area contributed by atoms with Crippen molar-refractivity contribution in [2.24, 2.45) is 5.92 Å². The molecule has 1 saturated heterocycles. The second-order valence-corrected chi connectivity index (χ2v) is 4.31. The van der Waals surface area contributed by atoms with Gasteiger partial charge in [0.2, 0.25) is 5.91 Å². The van der Waals surface area contributed by atoms with E-state index in [1.165, 1.54) is 0 Å². The molecule has 1 amide bonds. The molecule has 76 valence electrons. The van der Waals surface area contributed by atoms with Gasteiger partial charge in [0, 0.05) is 19.7 Å². The molecule has 0 aromatic carbocycles. The third kappa shape index (κ3) is 3.19. The molecule has 1 aliphatic rings. The van der Waals surface area contributed by atoms with Crippen LogP contribution in [0.5, 0.6) is 0 Å². The van der Waals surface area contributed by atoms with Crippen LogP contribution in [0.3, 0.4) is 0 Å². The number of carbonyl (C=O) groups is 1. The fourth-order valence-electron chi connectivity index (χ4n) is 1.69. The Morgan fingerprint density at radius 3 is 3.08 bits per heavy atom. The minimum atomic E-state index is 0.243. The predicted molar refractivity (Wildman–Crippen MR) is 54.8 cm³/mol. The summed E-state index contributed by atoms with van der Waals surface area (Å²) in [5.41, 5.74) is 0. The van der Waals surface area contributed by atoms with Gasteiger partial charge < -0.3 is 10.0 Å². The van der Waals surface area contributed by atoms with Crippen LogP contribution < -0.4 is 0 Å². The molecule has 13 heavy (non-hydrogen) atoms. The SMILES string of the molecule is CSCC(=O)N1CCC(CCO)C1. The molecule has 1 rings (SSSR count). The Morgan fingerprint density at radius 2 is 2.46 bits per heavy atom. The third-order valence-corrected chi connectivity index (χ3v) is 2.98. The van der Waals surface area contributed by atoms with Crippen LogP contribution in [0.25, 0.3) is 0 Å². The molecule has 0 radical (unpaired) electrons. The second-order valence-electron chi connectivity index (χ2n) is 3.44. The van der Waals surface area contributed by atoms with Gasteiger partial charge in [0.1, 0.15) is 0 Å². The van der Waals surface area contributed by atoms with E-state index in [0.29, 0.717) is 11.7 Å². The van der Waals surface area contributed by atoms with E-state index < -0.39 is 0 Å². The molecule has 0 aromatic heterocycles. The van der Waals surface area contributed by atoms with Gasteiger partial charge in [-0.1, -0.05) is 0 Å². The van der Waals surface area contributed by atoms with Crippen molar-refractivity contribution >= 4 is 17.7 Å². The van der Waals surface area contributed by atoms with Crippen molar-refractivity contribution in [2.75, 3.05) is 31.7 Å². The molecule has 0 saturated carbocycles. The normalized spacial score (nSPS) is 22.3. The van der Waals surface area contributed by atoms with E-state index in [1.807, 2.05) is 11.2 Å². The van der Waals surface area contributed by atoms with E-state index in [0.717, 1.165) is 25.9 Å². The first-order valence-electron chi connectivity index (χ1n) is 4.65. The first-order valence-corrected chi connectivity index (χ1v) is 6.05. The molecule has 0 aromatic rings. The Hall–Kier alpha value is -0.220. The highest BCUT2D eigenvalue weighted by Gasteiger charge is 2.24. The van der Waals surface area contributed by atoms with Crippen molar-refractivity contribution in [3.05, 3.63) is 0 Å². The van der Waals surface area contributed by atoms with Crippen LogP contribution >= 0.6 is 11.8 Å². The zero-order valence-corrected chi connectivity index (χ0v) is 8.85. The Kier molecular flexibility index (Phi) is 4.59. The van der Waals surface area contributed by atoms with Crippen LogP contribution in [-0.2, 0) is 4.79 Å². The quantitative estimate of drug-likeness (QED) is 0.726. The molecule has 1 unspecified atom stereocenters. The number of likely N-dealkylation sites (tertiary alicyclic amines) is 1. The van der Waals surface area contributed by atoms with Crippen LogP contribution in [0.1, 0.15) is 12.8 Å². The average molecular weight is 203 g/mol. The number of hydrogen-bond donors (Lipinski definition) is 1. The lowest BCUT2D eigenvalue weighted by Crippen LogP contribution is -2.30. The zero-order valence-electron chi connectivity index (χ0n) is 8.03. The van der Waals surface area contributed by atoms with E-state index in [2.05, 4.69) is 0 Å². The Bertz CT molecular complexity index is 175. The van der Waals surface area contributed by atoms with Crippen LogP contribution in [-0.4, -0.2) is 47.6 Å². The lowest BCUT2D eigenvalue weighted by atomic mass is 10.1. The summed E-state index contributed by atoms with van der Waals surface area (Å²) in [5, 5.41) is 8.75. The van der Waals surface area contributed by atoms with E-state index in [9.17, 15) is 4.79 Å². The fraction of sp³-hybridized carbons (Fsp3) is 0.889. The number of carbonyl (C=O) groups excluding carboxylic acids is 1. The molecule has 1 fully saturated rings. The van der Waals surface area contributed by atoms with E-state index >= 15 is 0 Å². The Balaban J connectivity index is 2.27. The molecule has 0 aliphatic carbocycles. The second kappa shape index (κ2) is 5.50. The van der Waals surface area contributed by atoms with Crippen molar-refractivity contribution < 1.29 is 9.90 Å². The lowest BCUT2D eigenvalue weighted by molar-refractivity contribution is -0.127. The molecule has 3 nitrogen and oxygen atoms in total. The van der Waals surface area contributed by atoms with Crippen LogP contribution in [0, 0.1) is 5.92 Å². The largest absolute Gasteiger partial charge is 0.396 e. The molecule has 0 bridgehead atoms. The summed E-state index contributed by atoms with van der Waals surface area (Å²) >= 11 is 1.57. The molecule has 0 spiro atoms. The van der Waals surface area contributed by atoms with Crippen molar-refractivity contribution in [3.63, 3.8) is 0 Å². The Morgan fingerprint density at radius 1 is 1.69 bits per heavy atom. The standard InChI is InChI=1S/C9H17NO2S/c1-13-7-9(12)10-4-2-8(6-10)3-5-11/h8,11H,2-7H2,1H3. The smallest absolute Gasteiger partial charge is 0.232 e. The van der Waals surface area contributed by atoms with Gasteiger partial charge in [-0.15, -0.1) is 0 Å². The maximum Gasteiger partial charge on any atom is 0.232 e. The minimum absolute atomic E-state index is 0.243. The molecule has 1 heterocycles. The van der Waals surface area contributed by atoms with E-state index in [1.54, 1.807) is 11.8 Å². The third-order valence-electron chi connectivity index (χ3n) is 2.44. The minimum Gasteiger partial charge on any atom is -0.396 e. The summed E-state index contributed by atoms with van der Waals surface area (Å²) < 4.78 is 0. The molecule has 1 N–H and O–H groups in total. The fourth-order valence-corrected chi connectivity index (χ4v) is 2.12. The number of nitrogens with zero attached hydrogens (tertiary/aromatic N) is 1. The maximum absolute atomic E-state index is 11.4. The number of rotatable bonds is 4. The van der Waals surface area contributed by atoms with Crippen molar-refractivity contribution in [1.82, 2.24) is 4.90 Å². The van der Waals surface area contributed by atoms with Crippen LogP contribution in [0.4, 0.5) is 0 Å². The average Bonchev–Trinajstić information content (AvgIpc) is 2.54. The van der Waals surface area contributed by atoms with E-state index in [-0.39, 0.29) is 12.5 Å². The summed E-state index contributed by atoms with van der Waals surface area (Å²) in [4.78, 5) is 13.4. The predicted octanol–water partition coefficient (Wildman–Crippen LogP) is 0.580. The van der Waals surface area contributed by atoms with Gasteiger partial charge in [0.25, 0.3) is 0 Å². The molecular weight excluding hydrogens is 186 g/mol. The van der Waals surface area contributed by atoms with Crippen LogP contribution in [0.2, 0.25) is 0 Å². The highest BCUT2D eigenvalue weighted by atomic mass is 32.2. The summed E-state index contributed by atoms with van der Waals surface area (Å²) in [6.45, 7) is 1.97. The highest BCUT2D eigenvalue weighted by molar-refractivity contribution is 7.99. The van der Waals surface area contributed by atoms with Gasteiger partial charge in [-0.3, -0.25) is 4.79 Å². The monoisotopic (exact) mass is 203 g/mol. The first-order chi connectivity index (χ1) is 6.27. The first kappa shape index (κ1) is 10.9. The highest BCUT2D eigenvalue weighted by Crippen LogP contribution is 2.19. The van der Waals surface area contributed by atoms with Gasteiger partial charge in [-0.25, -0.2) is 0 Å². The summed E-state index contributed by atoms with van der Waals surface area (Å²) in [5.74, 6) is 1.36. The number of hydrogen-bond acceptors (Lipinski definition) is 3. The van der Waals surface area contributed by atoms with E-state index in [4.69, 9.17) is 5.11 Å². The summed E-state index contributed by atoms with van der Waals surface area (Å²) in [6, 6.07) is 0. The molecule has 1 atom stereocenters. The Labute approximate surface area is 83.5 Å². The van der Waals surface area contributed by atoms with Gasteiger partial charge in [0.05, 0.1) is 5.75 Å². The van der Waals surface area contributed by atoms with Gasteiger partial charge >= 0.3 is 0 Å². The maximum atomic E-state index is 11.4. The zero-order chi connectivity index (χ0) is 9.68.